The first-order valence-corrected chi connectivity index (χ1v) is 6.24. The second-order valence-corrected chi connectivity index (χ2v) is 4.44. The molecule has 19 heavy (non-hydrogen) atoms. The molecule has 0 radical (unpaired) electrons. The molecule has 1 unspecified atom stereocenters. The van der Waals surface area contributed by atoms with Gasteiger partial charge in [-0.25, -0.2) is 0 Å². The van der Waals surface area contributed by atoms with E-state index < -0.39 is 0 Å². The van der Waals surface area contributed by atoms with E-state index in [4.69, 9.17) is 5.11 Å². The predicted molar refractivity (Wildman–Crippen MR) is 72.4 cm³/mol. The summed E-state index contributed by atoms with van der Waals surface area (Å²) < 4.78 is 0. The van der Waals surface area contributed by atoms with Crippen molar-refractivity contribution in [1.29, 1.82) is 0 Å². The third-order valence-electron chi connectivity index (χ3n) is 2.68. The second-order valence-electron chi connectivity index (χ2n) is 4.44. The summed E-state index contributed by atoms with van der Waals surface area (Å²) in [4.78, 5) is 22.9. The Morgan fingerprint density at radius 3 is 2.42 bits per heavy atom. The Kier molecular flexibility index (Phi) is 6.02. The minimum absolute atomic E-state index is 0.0962. The van der Waals surface area contributed by atoms with E-state index in [-0.39, 0.29) is 37.4 Å². The van der Waals surface area contributed by atoms with E-state index in [1.807, 2.05) is 31.2 Å². The zero-order valence-corrected chi connectivity index (χ0v) is 11.3. The van der Waals surface area contributed by atoms with Crippen LogP contribution in [0, 0.1) is 6.92 Å². The van der Waals surface area contributed by atoms with Crippen molar-refractivity contribution in [3.05, 3.63) is 35.4 Å². The van der Waals surface area contributed by atoms with Gasteiger partial charge in [-0.05, 0) is 12.5 Å². The third-order valence-corrected chi connectivity index (χ3v) is 2.68. The molecule has 0 aliphatic carbocycles. The number of carbonyl (C=O) groups excluding carboxylic acids is 2. The van der Waals surface area contributed by atoms with Crippen molar-refractivity contribution in [2.24, 2.45) is 0 Å². The van der Waals surface area contributed by atoms with Gasteiger partial charge < -0.3 is 15.7 Å². The number of rotatable bonds is 6. The van der Waals surface area contributed by atoms with Crippen LogP contribution in [0.3, 0.4) is 0 Å². The summed E-state index contributed by atoms with van der Waals surface area (Å²) in [5.74, 6) is -0.381. The Morgan fingerprint density at radius 2 is 1.89 bits per heavy atom. The van der Waals surface area contributed by atoms with Crippen LogP contribution in [0.4, 0.5) is 0 Å². The van der Waals surface area contributed by atoms with Gasteiger partial charge in [0.15, 0.2) is 0 Å². The zero-order valence-electron chi connectivity index (χ0n) is 11.3. The first-order valence-electron chi connectivity index (χ1n) is 6.24. The van der Waals surface area contributed by atoms with Gasteiger partial charge in [0.25, 0.3) is 0 Å². The van der Waals surface area contributed by atoms with Gasteiger partial charge in [-0.2, -0.15) is 0 Å². The first kappa shape index (κ1) is 15.2. The van der Waals surface area contributed by atoms with Gasteiger partial charge in [0.05, 0.1) is 19.1 Å². The number of amides is 2. The Bertz CT molecular complexity index is 429. The molecule has 1 aromatic rings. The van der Waals surface area contributed by atoms with Crippen LogP contribution in [0.25, 0.3) is 0 Å². The second kappa shape index (κ2) is 7.53. The normalized spacial score (nSPS) is 11.7. The van der Waals surface area contributed by atoms with Gasteiger partial charge in [-0.1, -0.05) is 29.8 Å². The number of aliphatic hydroxyl groups excluding tert-OH is 1. The predicted octanol–water partition coefficient (Wildman–Crippen LogP) is 0.671. The van der Waals surface area contributed by atoms with Crippen molar-refractivity contribution < 1.29 is 14.7 Å². The van der Waals surface area contributed by atoms with Crippen LogP contribution in [0.1, 0.15) is 30.5 Å². The van der Waals surface area contributed by atoms with Gasteiger partial charge in [-0.15, -0.1) is 0 Å². The van der Waals surface area contributed by atoms with Crippen molar-refractivity contribution in [2.45, 2.75) is 26.3 Å². The quantitative estimate of drug-likeness (QED) is 0.706. The number of hydrogen-bond donors (Lipinski definition) is 3. The molecule has 1 aromatic carbocycles. The third kappa shape index (κ3) is 5.52. The zero-order chi connectivity index (χ0) is 14.3. The van der Waals surface area contributed by atoms with Crippen LogP contribution in [0.2, 0.25) is 0 Å². The molecule has 0 spiro atoms. The van der Waals surface area contributed by atoms with Gasteiger partial charge in [0.2, 0.25) is 11.8 Å². The maximum atomic E-state index is 11.7. The van der Waals surface area contributed by atoms with Crippen molar-refractivity contribution >= 4 is 11.8 Å². The lowest BCUT2D eigenvalue weighted by atomic mass is 10.0. The lowest BCUT2D eigenvalue weighted by molar-refractivity contribution is -0.122. The molecule has 5 heteroatoms. The van der Waals surface area contributed by atoms with Crippen LogP contribution < -0.4 is 10.6 Å². The molecule has 5 nitrogen and oxygen atoms in total. The molecule has 3 N–H and O–H groups in total. The van der Waals surface area contributed by atoms with Crippen molar-refractivity contribution in [3.63, 3.8) is 0 Å². The van der Waals surface area contributed by atoms with E-state index in [1.54, 1.807) is 0 Å². The van der Waals surface area contributed by atoms with E-state index in [2.05, 4.69) is 10.6 Å². The largest absolute Gasteiger partial charge is 0.395 e. The summed E-state index contributed by atoms with van der Waals surface area (Å²) in [7, 11) is 0. The molecule has 104 valence electrons. The highest BCUT2D eigenvalue weighted by Gasteiger charge is 2.16. The summed E-state index contributed by atoms with van der Waals surface area (Å²) >= 11 is 0. The van der Waals surface area contributed by atoms with Crippen LogP contribution >= 0.6 is 0 Å². The van der Waals surface area contributed by atoms with Crippen molar-refractivity contribution in [3.8, 4) is 0 Å². The molecule has 0 saturated carbocycles. The van der Waals surface area contributed by atoms with E-state index in [1.165, 1.54) is 6.92 Å². The SMILES string of the molecule is CC(=O)NC(CC(=O)NCCO)c1ccc(C)cc1. The van der Waals surface area contributed by atoms with E-state index >= 15 is 0 Å². The maximum absolute atomic E-state index is 11.7. The Balaban J connectivity index is 2.74. The number of aryl methyl sites for hydroxylation is 1. The number of carbonyl (C=O) groups is 2. The molecule has 1 atom stereocenters. The van der Waals surface area contributed by atoms with Crippen molar-refractivity contribution in [2.75, 3.05) is 13.2 Å². The van der Waals surface area contributed by atoms with E-state index in [0.29, 0.717) is 0 Å². The Labute approximate surface area is 113 Å². The minimum atomic E-state index is -0.350. The molecule has 0 heterocycles. The van der Waals surface area contributed by atoms with Crippen LogP contribution in [0.5, 0.6) is 0 Å². The molecule has 0 aromatic heterocycles. The smallest absolute Gasteiger partial charge is 0.222 e. The molecule has 2 amide bonds. The molecule has 0 fully saturated rings. The fourth-order valence-electron chi connectivity index (χ4n) is 1.75. The molecule has 0 bridgehead atoms. The average molecular weight is 264 g/mol. The van der Waals surface area contributed by atoms with Gasteiger partial charge in [0.1, 0.15) is 0 Å². The summed E-state index contributed by atoms with van der Waals surface area (Å²) in [6.45, 7) is 3.53. The van der Waals surface area contributed by atoms with Gasteiger partial charge in [0, 0.05) is 13.5 Å². The summed E-state index contributed by atoms with van der Waals surface area (Å²) in [5, 5.41) is 14.0. The molecule has 0 aliphatic rings. The molecular weight excluding hydrogens is 244 g/mol. The monoisotopic (exact) mass is 264 g/mol. The van der Waals surface area contributed by atoms with Crippen LogP contribution in [-0.4, -0.2) is 30.1 Å². The lowest BCUT2D eigenvalue weighted by Gasteiger charge is -2.18. The summed E-state index contributed by atoms with van der Waals surface area (Å²) in [6.07, 6.45) is 0.155. The van der Waals surface area contributed by atoms with Gasteiger partial charge >= 0.3 is 0 Å². The fourth-order valence-corrected chi connectivity index (χ4v) is 1.75. The van der Waals surface area contributed by atoms with Crippen molar-refractivity contribution in [1.82, 2.24) is 10.6 Å². The molecule has 0 aliphatic heterocycles. The highest BCUT2D eigenvalue weighted by Crippen LogP contribution is 2.17. The Hall–Kier alpha value is -1.88. The molecular formula is C14H20N2O3. The maximum Gasteiger partial charge on any atom is 0.222 e. The highest BCUT2D eigenvalue weighted by atomic mass is 16.3. The number of benzene rings is 1. The van der Waals surface area contributed by atoms with Crippen LogP contribution in [0.15, 0.2) is 24.3 Å². The van der Waals surface area contributed by atoms with Crippen LogP contribution in [-0.2, 0) is 9.59 Å². The average Bonchev–Trinajstić information content (AvgIpc) is 2.36. The highest BCUT2D eigenvalue weighted by molar-refractivity contribution is 5.79. The first-order chi connectivity index (χ1) is 9.02. The van der Waals surface area contributed by atoms with E-state index in [0.717, 1.165) is 11.1 Å². The summed E-state index contributed by atoms with van der Waals surface area (Å²) in [5.41, 5.74) is 2.01. The lowest BCUT2D eigenvalue weighted by Crippen LogP contribution is -2.33. The number of hydrogen-bond acceptors (Lipinski definition) is 3. The standard InChI is InChI=1S/C14H20N2O3/c1-10-3-5-12(6-4-10)13(16-11(2)18)9-14(19)15-7-8-17/h3-6,13,17H,7-9H2,1-2H3,(H,15,19)(H,16,18). The number of nitrogens with one attached hydrogen (secondary N) is 2. The van der Waals surface area contributed by atoms with Gasteiger partial charge in [-0.3, -0.25) is 9.59 Å². The minimum Gasteiger partial charge on any atom is -0.395 e. The van der Waals surface area contributed by atoms with E-state index in [9.17, 15) is 9.59 Å². The number of aliphatic hydroxyl groups is 1. The Morgan fingerprint density at radius 1 is 1.26 bits per heavy atom. The fraction of sp³-hybridized carbons (Fsp3) is 0.429. The summed E-state index contributed by atoms with van der Waals surface area (Å²) in [6, 6.07) is 7.33. The molecule has 1 rings (SSSR count). The topological polar surface area (TPSA) is 78.4 Å². The molecule has 0 saturated heterocycles.